The first-order valence-corrected chi connectivity index (χ1v) is 9.21. The molecule has 2 aromatic carbocycles. The lowest BCUT2D eigenvalue weighted by molar-refractivity contribution is 0.269. The summed E-state index contributed by atoms with van der Waals surface area (Å²) in [5.41, 5.74) is 3.38. The molecule has 0 saturated carbocycles. The Bertz CT molecular complexity index is 668. The Labute approximate surface area is 156 Å². The molecule has 0 aliphatic rings. The van der Waals surface area contributed by atoms with Crippen LogP contribution >= 0.6 is 11.6 Å². The first kappa shape index (κ1) is 19.6. The smallest absolute Gasteiger partial charge is 0.163 e. The highest BCUT2D eigenvalue weighted by molar-refractivity contribution is 6.31. The van der Waals surface area contributed by atoms with Crippen molar-refractivity contribution in [3.8, 4) is 11.5 Å². The van der Waals surface area contributed by atoms with Crippen LogP contribution in [0.3, 0.4) is 0 Å². The Morgan fingerprint density at radius 1 is 1.04 bits per heavy atom. The molecule has 0 heterocycles. The van der Waals surface area contributed by atoms with Crippen molar-refractivity contribution < 1.29 is 9.47 Å². The molecule has 0 aliphatic carbocycles. The van der Waals surface area contributed by atoms with Crippen LogP contribution in [0.2, 0.25) is 5.02 Å². The average molecular weight is 362 g/mol. The maximum Gasteiger partial charge on any atom is 0.163 e. The minimum Gasteiger partial charge on any atom is -0.490 e. The van der Waals surface area contributed by atoms with E-state index in [2.05, 4.69) is 50.4 Å². The molecule has 0 unspecified atom stereocenters. The molecule has 2 rings (SSSR count). The second-order valence-electron chi connectivity index (χ2n) is 6.62. The summed E-state index contributed by atoms with van der Waals surface area (Å²) in [6.45, 7) is 11.1. The maximum absolute atomic E-state index is 6.44. The van der Waals surface area contributed by atoms with E-state index in [0.29, 0.717) is 29.9 Å². The molecule has 1 N–H and O–H groups in total. The van der Waals surface area contributed by atoms with Crippen molar-refractivity contribution >= 4 is 11.6 Å². The lowest BCUT2D eigenvalue weighted by Crippen LogP contribution is -2.19. The molecule has 0 saturated heterocycles. The van der Waals surface area contributed by atoms with Crippen molar-refractivity contribution in [2.24, 2.45) is 5.92 Å². The van der Waals surface area contributed by atoms with Gasteiger partial charge < -0.3 is 14.8 Å². The van der Waals surface area contributed by atoms with Gasteiger partial charge in [-0.05, 0) is 43.5 Å². The lowest BCUT2D eigenvalue weighted by atomic mass is 10.1. The molecule has 0 aromatic heterocycles. The zero-order valence-electron chi connectivity index (χ0n) is 15.6. The highest BCUT2D eigenvalue weighted by Gasteiger charge is 2.11. The van der Waals surface area contributed by atoms with Crippen molar-refractivity contribution in [3.05, 3.63) is 58.1 Å². The Morgan fingerprint density at radius 3 is 2.36 bits per heavy atom. The Hall–Kier alpha value is -1.71. The number of halogens is 1. The third-order valence-electron chi connectivity index (χ3n) is 3.80. The Kier molecular flexibility index (Phi) is 7.60. The van der Waals surface area contributed by atoms with Gasteiger partial charge in [-0.1, -0.05) is 55.3 Å². The highest BCUT2D eigenvalue weighted by atomic mass is 35.5. The van der Waals surface area contributed by atoms with E-state index in [1.807, 2.05) is 19.1 Å². The molecular formula is C21H28ClNO2. The lowest BCUT2D eigenvalue weighted by Gasteiger charge is -2.16. The van der Waals surface area contributed by atoms with Crippen LogP contribution in [0.15, 0.2) is 36.4 Å². The molecule has 136 valence electrons. The minimum atomic E-state index is 0.488. The fourth-order valence-electron chi connectivity index (χ4n) is 2.43. The standard InChI is InChI=1S/C21H28ClNO2/c1-5-24-20-10-18(13-23-12-15(2)3)19(22)11-21(20)25-14-17-8-6-16(4)7-9-17/h6-11,15,23H,5,12-14H2,1-4H3. The number of benzene rings is 2. The summed E-state index contributed by atoms with van der Waals surface area (Å²) in [5.74, 6) is 2.02. The van der Waals surface area contributed by atoms with Gasteiger partial charge in [-0.25, -0.2) is 0 Å². The predicted octanol–water partition coefficient (Wildman–Crippen LogP) is 5.37. The van der Waals surface area contributed by atoms with Crippen LogP contribution in [-0.2, 0) is 13.2 Å². The van der Waals surface area contributed by atoms with E-state index < -0.39 is 0 Å². The van der Waals surface area contributed by atoms with E-state index in [4.69, 9.17) is 21.1 Å². The van der Waals surface area contributed by atoms with E-state index >= 15 is 0 Å². The van der Waals surface area contributed by atoms with Crippen molar-refractivity contribution in [1.82, 2.24) is 5.32 Å². The average Bonchev–Trinajstić information content (AvgIpc) is 2.57. The van der Waals surface area contributed by atoms with Crippen LogP contribution in [0.5, 0.6) is 11.5 Å². The predicted molar refractivity (Wildman–Crippen MR) is 105 cm³/mol. The molecule has 0 aliphatic heterocycles. The van der Waals surface area contributed by atoms with Crippen molar-refractivity contribution in [1.29, 1.82) is 0 Å². The molecule has 0 spiro atoms. The third-order valence-corrected chi connectivity index (χ3v) is 4.15. The minimum absolute atomic E-state index is 0.488. The topological polar surface area (TPSA) is 30.5 Å². The van der Waals surface area contributed by atoms with Crippen molar-refractivity contribution in [2.75, 3.05) is 13.2 Å². The third kappa shape index (κ3) is 6.26. The monoisotopic (exact) mass is 361 g/mol. The zero-order valence-corrected chi connectivity index (χ0v) is 16.3. The van der Waals surface area contributed by atoms with Gasteiger partial charge in [0.1, 0.15) is 6.61 Å². The van der Waals surface area contributed by atoms with Crippen LogP contribution in [0, 0.1) is 12.8 Å². The summed E-state index contributed by atoms with van der Waals surface area (Å²) in [5, 5.41) is 4.11. The molecule has 2 aromatic rings. The van der Waals surface area contributed by atoms with Gasteiger partial charge in [0, 0.05) is 17.6 Å². The normalized spacial score (nSPS) is 11.0. The molecule has 25 heavy (non-hydrogen) atoms. The summed E-state index contributed by atoms with van der Waals surface area (Å²) >= 11 is 6.44. The number of hydrogen-bond donors (Lipinski definition) is 1. The quantitative estimate of drug-likeness (QED) is 0.651. The van der Waals surface area contributed by atoms with E-state index in [9.17, 15) is 0 Å². The number of hydrogen-bond acceptors (Lipinski definition) is 3. The number of nitrogens with one attached hydrogen (secondary N) is 1. The van der Waals surface area contributed by atoms with Gasteiger partial charge in [0.05, 0.1) is 6.61 Å². The van der Waals surface area contributed by atoms with E-state index in [1.54, 1.807) is 0 Å². The highest BCUT2D eigenvalue weighted by Crippen LogP contribution is 2.34. The van der Waals surface area contributed by atoms with Crippen molar-refractivity contribution in [2.45, 2.75) is 40.8 Å². The van der Waals surface area contributed by atoms with Gasteiger partial charge >= 0.3 is 0 Å². The zero-order chi connectivity index (χ0) is 18.2. The van der Waals surface area contributed by atoms with Crippen LogP contribution in [-0.4, -0.2) is 13.2 Å². The molecule has 0 amide bonds. The molecule has 0 fully saturated rings. The largest absolute Gasteiger partial charge is 0.490 e. The molecule has 4 heteroatoms. The summed E-state index contributed by atoms with van der Waals surface area (Å²) < 4.78 is 11.7. The van der Waals surface area contributed by atoms with Gasteiger partial charge in [0.15, 0.2) is 11.5 Å². The van der Waals surface area contributed by atoms with Gasteiger partial charge in [-0.3, -0.25) is 0 Å². The Balaban J connectivity index is 2.10. The fourth-order valence-corrected chi connectivity index (χ4v) is 2.66. The van der Waals surface area contributed by atoms with Crippen LogP contribution in [0.1, 0.15) is 37.5 Å². The first-order valence-electron chi connectivity index (χ1n) is 8.83. The summed E-state index contributed by atoms with van der Waals surface area (Å²) in [4.78, 5) is 0. The van der Waals surface area contributed by atoms with Crippen molar-refractivity contribution in [3.63, 3.8) is 0 Å². The second kappa shape index (κ2) is 9.69. The van der Waals surface area contributed by atoms with Crippen LogP contribution in [0.4, 0.5) is 0 Å². The van der Waals surface area contributed by atoms with Gasteiger partial charge in [-0.2, -0.15) is 0 Å². The number of aryl methyl sites for hydroxylation is 1. The number of rotatable bonds is 9. The summed E-state index contributed by atoms with van der Waals surface area (Å²) in [6, 6.07) is 12.1. The molecule has 3 nitrogen and oxygen atoms in total. The Morgan fingerprint density at radius 2 is 1.72 bits per heavy atom. The number of ether oxygens (including phenoxy) is 2. The van der Waals surface area contributed by atoms with Gasteiger partial charge in [-0.15, -0.1) is 0 Å². The fraction of sp³-hybridized carbons (Fsp3) is 0.429. The maximum atomic E-state index is 6.44. The van der Waals surface area contributed by atoms with Crippen LogP contribution < -0.4 is 14.8 Å². The molecule has 0 radical (unpaired) electrons. The molecule has 0 atom stereocenters. The molecular weight excluding hydrogens is 334 g/mol. The summed E-state index contributed by atoms with van der Waals surface area (Å²) in [6.07, 6.45) is 0. The van der Waals surface area contributed by atoms with Gasteiger partial charge in [0.2, 0.25) is 0 Å². The van der Waals surface area contributed by atoms with Crippen LogP contribution in [0.25, 0.3) is 0 Å². The van der Waals surface area contributed by atoms with E-state index in [0.717, 1.165) is 30.0 Å². The summed E-state index contributed by atoms with van der Waals surface area (Å²) in [7, 11) is 0. The first-order chi connectivity index (χ1) is 12.0. The second-order valence-corrected chi connectivity index (χ2v) is 7.03. The van der Waals surface area contributed by atoms with Gasteiger partial charge in [0.25, 0.3) is 0 Å². The van der Waals surface area contributed by atoms with E-state index in [-0.39, 0.29) is 0 Å². The van der Waals surface area contributed by atoms with E-state index in [1.165, 1.54) is 5.56 Å². The SMILES string of the molecule is CCOc1cc(CNCC(C)C)c(Cl)cc1OCc1ccc(C)cc1. The molecule has 0 bridgehead atoms.